The zero-order valence-corrected chi connectivity index (χ0v) is 14.6. The molecule has 0 saturated carbocycles. The Morgan fingerprint density at radius 3 is 2.71 bits per heavy atom. The standard InChI is InChI=1S/C20H27N3O/c1-16-12-19(22(2)14-18-8-10-21-20(24)13-18)9-11-23(16)15-17-6-4-3-5-7-17/h3-8,10,13,16,19H,9,11-12,14-15H2,1-2H3,(H,21,24). The van der Waals surface area contributed by atoms with Crippen LogP contribution in [-0.2, 0) is 13.1 Å². The first-order valence-corrected chi connectivity index (χ1v) is 8.77. The fourth-order valence-electron chi connectivity index (χ4n) is 3.65. The van der Waals surface area contributed by atoms with Gasteiger partial charge in [-0.2, -0.15) is 0 Å². The van der Waals surface area contributed by atoms with Crippen LogP contribution in [0.4, 0.5) is 0 Å². The molecule has 0 bridgehead atoms. The van der Waals surface area contributed by atoms with Crippen LogP contribution in [0, 0.1) is 0 Å². The lowest BCUT2D eigenvalue weighted by Gasteiger charge is -2.41. The van der Waals surface area contributed by atoms with E-state index in [1.807, 2.05) is 6.07 Å². The molecule has 2 aromatic rings. The van der Waals surface area contributed by atoms with Crippen molar-refractivity contribution in [3.63, 3.8) is 0 Å². The molecule has 128 valence electrons. The highest BCUT2D eigenvalue weighted by atomic mass is 16.1. The molecule has 2 atom stereocenters. The summed E-state index contributed by atoms with van der Waals surface area (Å²) in [6.45, 7) is 5.32. The van der Waals surface area contributed by atoms with Crippen molar-refractivity contribution in [2.24, 2.45) is 0 Å². The van der Waals surface area contributed by atoms with Crippen molar-refractivity contribution in [3.8, 4) is 0 Å². The number of hydrogen-bond acceptors (Lipinski definition) is 3. The monoisotopic (exact) mass is 325 g/mol. The Labute approximate surface area is 144 Å². The number of aromatic nitrogens is 1. The summed E-state index contributed by atoms with van der Waals surface area (Å²) in [5.41, 5.74) is 2.45. The molecule has 0 radical (unpaired) electrons. The van der Waals surface area contributed by atoms with Crippen molar-refractivity contribution in [1.29, 1.82) is 0 Å². The van der Waals surface area contributed by atoms with Crippen molar-refractivity contribution in [1.82, 2.24) is 14.8 Å². The Bertz CT molecular complexity index is 697. The Morgan fingerprint density at radius 2 is 2.00 bits per heavy atom. The first-order valence-electron chi connectivity index (χ1n) is 8.77. The summed E-state index contributed by atoms with van der Waals surface area (Å²) < 4.78 is 0. The summed E-state index contributed by atoms with van der Waals surface area (Å²) >= 11 is 0. The SMILES string of the molecule is CC1CC(N(C)Cc2cc[nH]c(=O)c2)CCN1Cc1ccccc1. The summed E-state index contributed by atoms with van der Waals surface area (Å²) in [6, 6.07) is 15.6. The minimum atomic E-state index is -0.0213. The minimum Gasteiger partial charge on any atom is -0.329 e. The van der Waals surface area contributed by atoms with Crippen LogP contribution in [0.3, 0.4) is 0 Å². The highest BCUT2D eigenvalue weighted by molar-refractivity contribution is 5.15. The maximum absolute atomic E-state index is 11.4. The van der Waals surface area contributed by atoms with E-state index in [9.17, 15) is 4.79 Å². The fourth-order valence-corrected chi connectivity index (χ4v) is 3.65. The average molecular weight is 325 g/mol. The van der Waals surface area contributed by atoms with Gasteiger partial charge in [0.1, 0.15) is 0 Å². The van der Waals surface area contributed by atoms with Crippen LogP contribution in [0.25, 0.3) is 0 Å². The predicted octanol–water partition coefficient (Wildman–Crippen LogP) is 2.86. The smallest absolute Gasteiger partial charge is 0.248 e. The van der Waals surface area contributed by atoms with Gasteiger partial charge in [0, 0.05) is 44.0 Å². The van der Waals surface area contributed by atoms with Gasteiger partial charge in [0.2, 0.25) is 5.56 Å². The lowest BCUT2D eigenvalue weighted by Crippen LogP contribution is -2.47. The van der Waals surface area contributed by atoms with Crippen molar-refractivity contribution in [2.45, 2.75) is 44.9 Å². The maximum Gasteiger partial charge on any atom is 0.248 e. The van der Waals surface area contributed by atoms with E-state index in [1.165, 1.54) is 18.4 Å². The average Bonchev–Trinajstić information content (AvgIpc) is 2.57. The van der Waals surface area contributed by atoms with Crippen LogP contribution < -0.4 is 5.56 Å². The zero-order valence-electron chi connectivity index (χ0n) is 14.6. The summed E-state index contributed by atoms with van der Waals surface area (Å²) in [4.78, 5) is 19.1. The fraction of sp³-hybridized carbons (Fsp3) is 0.450. The Balaban J connectivity index is 1.55. The lowest BCUT2D eigenvalue weighted by atomic mass is 9.96. The van der Waals surface area contributed by atoms with Crippen LogP contribution in [-0.4, -0.2) is 40.5 Å². The minimum absolute atomic E-state index is 0.0213. The highest BCUT2D eigenvalue weighted by Gasteiger charge is 2.27. The molecule has 0 spiro atoms. The first-order chi connectivity index (χ1) is 11.6. The van der Waals surface area contributed by atoms with E-state index < -0.39 is 0 Å². The van der Waals surface area contributed by atoms with Gasteiger partial charge in [-0.25, -0.2) is 0 Å². The summed E-state index contributed by atoms with van der Waals surface area (Å²) in [7, 11) is 2.17. The molecule has 1 aliphatic rings. The van der Waals surface area contributed by atoms with E-state index in [0.717, 1.165) is 25.2 Å². The Hall–Kier alpha value is -1.91. The van der Waals surface area contributed by atoms with Gasteiger partial charge in [0.05, 0.1) is 0 Å². The second-order valence-electron chi connectivity index (χ2n) is 6.96. The number of H-pyrrole nitrogens is 1. The first kappa shape index (κ1) is 16.9. The number of nitrogens with one attached hydrogen (secondary N) is 1. The van der Waals surface area contributed by atoms with E-state index in [4.69, 9.17) is 0 Å². The number of nitrogens with zero attached hydrogens (tertiary/aromatic N) is 2. The van der Waals surface area contributed by atoms with Gasteiger partial charge in [0.25, 0.3) is 0 Å². The molecule has 1 N–H and O–H groups in total. The molecule has 2 unspecified atom stereocenters. The zero-order chi connectivity index (χ0) is 16.9. The van der Waals surface area contributed by atoms with Crippen LogP contribution in [0.1, 0.15) is 30.9 Å². The number of hydrogen-bond donors (Lipinski definition) is 1. The third kappa shape index (κ3) is 4.34. The number of likely N-dealkylation sites (tertiary alicyclic amines) is 1. The van der Waals surface area contributed by atoms with E-state index in [-0.39, 0.29) is 5.56 Å². The number of benzene rings is 1. The van der Waals surface area contributed by atoms with E-state index in [0.29, 0.717) is 12.1 Å². The predicted molar refractivity (Wildman–Crippen MR) is 97.9 cm³/mol. The van der Waals surface area contributed by atoms with E-state index in [2.05, 4.69) is 59.1 Å². The molecule has 0 aliphatic carbocycles. The molecular weight excluding hydrogens is 298 g/mol. The number of piperidine rings is 1. The van der Waals surface area contributed by atoms with E-state index in [1.54, 1.807) is 12.3 Å². The quantitative estimate of drug-likeness (QED) is 0.919. The molecule has 2 heterocycles. The second kappa shape index (κ2) is 7.77. The van der Waals surface area contributed by atoms with Crippen molar-refractivity contribution in [3.05, 3.63) is 70.1 Å². The van der Waals surface area contributed by atoms with Crippen LogP contribution in [0.5, 0.6) is 0 Å². The number of pyridine rings is 1. The molecule has 4 heteroatoms. The van der Waals surface area contributed by atoms with Crippen molar-refractivity contribution in [2.75, 3.05) is 13.6 Å². The van der Waals surface area contributed by atoms with Gasteiger partial charge in [0.15, 0.2) is 0 Å². The molecule has 3 rings (SSSR count). The van der Waals surface area contributed by atoms with Gasteiger partial charge in [-0.15, -0.1) is 0 Å². The molecular formula is C20H27N3O. The normalized spacial score (nSPS) is 22.0. The number of rotatable bonds is 5. The van der Waals surface area contributed by atoms with E-state index >= 15 is 0 Å². The van der Waals surface area contributed by atoms with Crippen LogP contribution in [0.15, 0.2) is 53.5 Å². The third-order valence-corrected chi connectivity index (χ3v) is 5.11. The summed E-state index contributed by atoms with van der Waals surface area (Å²) in [5, 5.41) is 0. The van der Waals surface area contributed by atoms with Gasteiger partial charge in [-0.1, -0.05) is 30.3 Å². The second-order valence-corrected chi connectivity index (χ2v) is 6.96. The lowest BCUT2D eigenvalue weighted by molar-refractivity contribution is 0.0771. The third-order valence-electron chi connectivity index (χ3n) is 5.11. The molecule has 4 nitrogen and oxygen atoms in total. The largest absolute Gasteiger partial charge is 0.329 e. The highest BCUT2D eigenvalue weighted by Crippen LogP contribution is 2.23. The molecule has 1 aromatic heterocycles. The molecule has 1 aliphatic heterocycles. The molecule has 1 aromatic carbocycles. The summed E-state index contributed by atoms with van der Waals surface area (Å²) in [5.74, 6) is 0. The van der Waals surface area contributed by atoms with Crippen molar-refractivity contribution < 1.29 is 0 Å². The Kier molecular flexibility index (Phi) is 5.48. The van der Waals surface area contributed by atoms with Crippen LogP contribution in [0.2, 0.25) is 0 Å². The topological polar surface area (TPSA) is 39.3 Å². The molecule has 0 amide bonds. The van der Waals surface area contributed by atoms with Crippen molar-refractivity contribution >= 4 is 0 Å². The maximum atomic E-state index is 11.4. The molecule has 24 heavy (non-hydrogen) atoms. The molecule has 1 fully saturated rings. The van der Waals surface area contributed by atoms with Gasteiger partial charge in [-0.3, -0.25) is 14.6 Å². The van der Waals surface area contributed by atoms with Crippen LogP contribution >= 0.6 is 0 Å². The van der Waals surface area contributed by atoms with Gasteiger partial charge < -0.3 is 4.98 Å². The number of aromatic amines is 1. The van der Waals surface area contributed by atoms with Gasteiger partial charge >= 0.3 is 0 Å². The summed E-state index contributed by atoms with van der Waals surface area (Å²) in [6.07, 6.45) is 4.08. The molecule has 1 saturated heterocycles. The van der Waals surface area contributed by atoms with Gasteiger partial charge in [-0.05, 0) is 44.0 Å². The Morgan fingerprint density at radius 1 is 1.21 bits per heavy atom.